The maximum atomic E-state index is 11.7. The Kier molecular flexibility index (Phi) is 4.56. The lowest BCUT2D eigenvalue weighted by atomic mass is 10.1. The van der Waals surface area contributed by atoms with Crippen LogP contribution in [0.2, 0.25) is 0 Å². The number of carbonyl (C=O) groups excluding carboxylic acids is 1. The largest absolute Gasteiger partial charge is 0.389 e. The highest BCUT2D eigenvalue weighted by Crippen LogP contribution is 2.27. The smallest absolute Gasteiger partial charge is 0.237 e. The van der Waals surface area contributed by atoms with Crippen LogP contribution in [0.25, 0.3) is 0 Å². The first-order valence-corrected chi connectivity index (χ1v) is 6.34. The average molecular weight is 343 g/mol. The van der Waals surface area contributed by atoms with E-state index in [4.69, 9.17) is 9.47 Å². The summed E-state index contributed by atoms with van der Waals surface area (Å²) in [6.45, 7) is 3.89. The van der Waals surface area contributed by atoms with Crippen molar-refractivity contribution < 1.29 is 19.4 Å². The van der Waals surface area contributed by atoms with Gasteiger partial charge in [-0.2, -0.15) is 0 Å². The van der Waals surface area contributed by atoms with E-state index in [1.807, 2.05) is 22.6 Å². The van der Waals surface area contributed by atoms with Crippen LogP contribution in [-0.2, 0) is 14.3 Å². The molecule has 0 bridgehead atoms. The van der Waals surface area contributed by atoms with Crippen molar-refractivity contribution in [3.05, 3.63) is 0 Å². The van der Waals surface area contributed by atoms with E-state index < -0.39 is 21.9 Å². The minimum atomic E-state index is -0.850. The van der Waals surface area contributed by atoms with Gasteiger partial charge in [0.2, 0.25) is 5.91 Å². The van der Waals surface area contributed by atoms with Gasteiger partial charge in [0.15, 0.2) is 5.79 Å². The number of hydrogen-bond donors (Lipinski definition) is 1. The fourth-order valence-corrected chi connectivity index (χ4v) is 2.49. The van der Waals surface area contributed by atoms with Crippen LogP contribution in [0.5, 0.6) is 0 Å². The van der Waals surface area contributed by atoms with Gasteiger partial charge in [0.05, 0.1) is 6.61 Å². The number of amides is 1. The molecule has 94 valence electrons. The van der Waals surface area contributed by atoms with Crippen molar-refractivity contribution in [3.63, 3.8) is 0 Å². The molecule has 0 aromatic rings. The van der Waals surface area contributed by atoms with Gasteiger partial charge in [0, 0.05) is 14.1 Å². The molecule has 0 spiro atoms. The zero-order valence-electron chi connectivity index (χ0n) is 9.94. The highest BCUT2D eigenvalue weighted by Gasteiger charge is 2.41. The van der Waals surface area contributed by atoms with Gasteiger partial charge in [-0.3, -0.25) is 4.79 Å². The fourth-order valence-electron chi connectivity index (χ4n) is 1.46. The summed E-state index contributed by atoms with van der Waals surface area (Å²) in [5.41, 5.74) is 0. The lowest BCUT2D eigenvalue weighted by Crippen LogP contribution is -2.44. The van der Waals surface area contributed by atoms with Gasteiger partial charge in [-0.1, -0.05) is 22.6 Å². The maximum Gasteiger partial charge on any atom is 0.237 e. The van der Waals surface area contributed by atoms with Gasteiger partial charge in [0.1, 0.15) is 16.1 Å². The monoisotopic (exact) mass is 343 g/mol. The molecule has 0 aromatic carbocycles. The number of ether oxygens (including phenoxy) is 2. The minimum Gasteiger partial charge on any atom is -0.389 e. The zero-order chi connectivity index (χ0) is 12.5. The Hall–Kier alpha value is 0.0800. The number of halogens is 1. The molecule has 16 heavy (non-hydrogen) atoms. The Morgan fingerprint density at radius 1 is 1.56 bits per heavy atom. The molecule has 6 heteroatoms. The summed E-state index contributed by atoms with van der Waals surface area (Å²) in [4.78, 5) is 13.1. The van der Waals surface area contributed by atoms with E-state index in [9.17, 15) is 9.90 Å². The molecule has 1 fully saturated rings. The average Bonchev–Trinajstić information content (AvgIpc) is 2.55. The summed E-state index contributed by atoms with van der Waals surface area (Å²) >= 11 is 1.93. The molecular formula is C10H18INO4. The van der Waals surface area contributed by atoms with Crippen LogP contribution in [0, 0.1) is 0 Å². The van der Waals surface area contributed by atoms with Crippen LogP contribution < -0.4 is 0 Å². The number of rotatable bonds is 3. The van der Waals surface area contributed by atoms with Crippen molar-refractivity contribution in [3.8, 4) is 0 Å². The van der Waals surface area contributed by atoms with Crippen molar-refractivity contribution in [2.75, 3.05) is 20.7 Å². The molecule has 1 aliphatic heterocycles. The van der Waals surface area contributed by atoms with Crippen molar-refractivity contribution in [1.29, 1.82) is 0 Å². The third-order valence-electron chi connectivity index (χ3n) is 2.39. The molecule has 0 aliphatic carbocycles. The van der Waals surface area contributed by atoms with Gasteiger partial charge in [0.25, 0.3) is 0 Å². The summed E-state index contributed by atoms with van der Waals surface area (Å²) in [5, 5.41) is 10.0. The second kappa shape index (κ2) is 5.16. The van der Waals surface area contributed by atoms with E-state index in [0.717, 1.165) is 0 Å². The number of hydrogen-bond acceptors (Lipinski definition) is 4. The Bertz CT molecular complexity index is 270. The number of nitrogens with zero attached hydrogens (tertiary/aromatic N) is 1. The molecule has 3 atom stereocenters. The first-order valence-electron chi connectivity index (χ1n) is 5.09. The summed E-state index contributed by atoms with van der Waals surface area (Å²) in [7, 11) is 3.33. The maximum absolute atomic E-state index is 11.7. The van der Waals surface area contributed by atoms with Crippen molar-refractivity contribution >= 4 is 28.5 Å². The highest BCUT2D eigenvalue weighted by molar-refractivity contribution is 14.1. The van der Waals surface area contributed by atoms with Crippen LogP contribution in [0.4, 0.5) is 0 Å². The molecule has 0 aromatic heterocycles. The van der Waals surface area contributed by atoms with Gasteiger partial charge < -0.3 is 19.5 Å². The third-order valence-corrected chi connectivity index (χ3v) is 3.66. The molecule has 1 aliphatic rings. The van der Waals surface area contributed by atoms with Crippen molar-refractivity contribution in [1.82, 2.24) is 4.90 Å². The highest BCUT2D eigenvalue weighted by atomic mass is 127. The summed E-state index contributed by atoms with van der Waals surface area (Å²) in [5.74, 6) is -0.801. The van der Waals surface area contributed by atoms with Crippen LogP contribution in [0.3, 0.4) is 0 Å². The number of carbonyl (C=O) groups is 1. The number of aliphatic hydroxyl groups is 1. The van der Waals surface area contributed by atoms with Gasteiger partial charge in [-0.25, -0.2) is 0 Å². The molecule has 0 radical (unpaired) electrons. The van der Waals surface area contributed by atoms with Gasteiger partial charge >= 0.3 is 0 Å². The first kappa shape index (κ1) is 14.1. The van der Waals surface area contributed by atoms with E-state index >= 15 is 0 Å². The van der Waals surface area contributed by atoms with E-state index in [1.165, 1.54) is 4.90 Å². The predicted octanol–water partition coefficient (Wildman–Crippen LogP) is 0.391. The second-order valence-electron chi connectivity index (χ2n) is 4.49. The Morgan fingerprint density at radius 3 is 2.50 bits per heavy atom. The molecular weight excluding hydrogens is 325 g/mol. The standard InChI is InChI=1S/C10H18INO4/c1-10(2)15-5-6(16-10)8(13)7(11)9(14)12(3)4/h6-8,13H,5H2,1-4H3/t6-,7-,8-/m1/s1. The summed E-state index contributed by atoms with van der Waals surface area (Å²) in [6.07, 6.45) is -1.29. The molecule has 1 rings (SSSR count). The zero-order valence-corrected chi connectivity index (χ0v) is 12.1. The van der Waals surface area contributed by atoms with E-state index in [-0.39, 0.29) is 5.91 Å². The lowest BCUT2D eigenvalue weighted by Gasteiger charge is -2.25. The Morgan fingerprint density at radius 2 is 2.12 bits per heavy atom. The molecule has 1 N–H and O–H groups in total. The molecule has 1 saturated heterocycles. The van der Waals surface area contributed by atoms with E-state index in [0.29, 0.717) is 6.61 Å². The molecule has 1 amide bonds. The van der Waals surface area contributed by atoms with Crippen molar-refractivity contribution in [2.24, 2.45) is 0 Å². The molecule has 5 nitrogen and oxygen atoms in total. The molecule has 1 heterocycles. The fraction of sp³-hybridized carbons (Fsp3) is 0.900. The second-order valence-corrected chi connectivity index (χ2v) is 5.83. The van der Waals surface area contributed by atoms with E-state index in [1.54, 1.807) is 27.9 Å². The quantitative estimate of drug-likeness (QED) is 0.595. The summed E-state index contributed by atoms with van der Waals surface area (Å²) in [6, 6.07) is 0. The van der Waals surface area contributed by atoms with Gasteiger partial charge in [-0.15, -0.1) is 0 Å². The Balaban J connectivity index is 2.58. The molecule has 0 unspecified atom stereocenters. The van der Waals surface area contributed by atoms with Crippen LogP contribution in [0.1, 0.15) is 13.8 Å². The minimum absolute atomic E-state index is 0.124. The predicted molar refractivity (Wildman–Crippen MR) is 67.4 cm³/mol. The van der Waals surface area contributed by atoms with Gasteiger partial charge in [-0.05, 0) is 13.8 Å². The van der Waals surface area contributed by atoms with E-state index in [2.05, 4.69) is 0 Å². The van der Waals surface area contributed by atoms with Crippen molar-refractivity contribution in [2.45, 2.75) is 35.8 Å². The van der Waals surface area contributed by atoms with Crippen LogP contribution >= 0.6 is 22.6 Å². The number of aliphatic hydroxyl groups excluding tert-OH is 1. The lowest BCUT2D eigenvalue weighted by molar-refractivity contribution is -0.153. The SMILES string of the molecule is CN(C)C(=O)[C@H](I)[C@H](O)[C@H]1COC(C)(C)O1. The first-order chi connectivity index (χ1) is 7.24. The van der Waals surface area contributed by atoms with Crippen LogP contribution in [0.15, 0.2) is 0 Å². The molecule has 0 saturated carbocycles. The summed E-state index contributed by atoms with van der Waals surface area (Å²) < 4.78 is 10.3. The number of alkyl halides is 1. The normalized spacial score (nSPS) is 27.5. The van der Waals surface area contributed by atoms with Crippen LogP contribution in [-0.4, -0.2) is 58.5 Å². The third kappa shape index (κ3) is 3.28. The topological polar surface area (TPSA) is 59.0 Å². The Labute approximate surface area is 109 Å².